The topological polar surface area (TPSA) is 46.6 Å². The van der Waals surface area contributed by atoms with E-state index in [2.05, 4.69) is 11.9 Å². The second-order valence-electron chi connectivity index (χ2n) is 4.65. The maximum Gasteiger partial charge on any atom is 0.264 e. The van der Waals surface area contributed by atoms with Gasteiger partial charge in [-0.1, -0.05) is 19.3 Å². The minimum atomic E-state index is -3.27. The van der Waals surface area contributed by atoms with Gasteiger partial charge in [-0.2, -0.15) is 8.42 Å². The molecule has 1 fully saturated rings. The molecule has 104 valence electrons. The van der Waals surface area contributed by atoms with Gasteiger partial charge in [0.2, 0.25) is 0 Å². The molecule has 6 heteroatoms. The van der Waals surface area contributed by atoms with Crippen molar-refractivity contribution in [1.82, 2.24) is 4.90 Å². The molecule has 0 radical (unpaired) electrons. The normalized spacial score (nSPS) is 18.1. The van der Waals surface area contributed by atoms with Crippen LogP contribution in [0.15, 0.2) is 0 Å². The number of hydrogen-bond acceptors (Lipinski definition) is 4. The Morgan fingerprint density at radius 1 is 1.24 bits per heavy atom. The lowest BCUT2D eigenvalue weighted by Gasteiger charge is -2.31. The minimum absolute atomic E-state index is 0. The van der Waals surface area contributed by atoms with E-state index in [-0.39, 0.29) is 12.4 Å². The Morgan fingerprint density at radius 3 is 2.35 bits per heavy atom. The van der Waals surface area contributed by atoms with E-state index in [9.17, 15) is 8.42 Å². The van der Waals surface area contributed by atoms with Crippen LogP contribution in [0, 0.1) is 0 Å². The van der Waals surface area contributed by atoms with Gasteiger partial charge in [0.1, 0.15) is 0 Å². The van der Waals surface area contributed by atoms with Gasteiger partial charge in [-0.15, -0.1) is 12.4 Å². The Morgan fingerprint density at radius 2 is 1.82 bits per heavy atom. The van der Waals surface area contributed by atoms with Crippen LogP contribution in [-0.4, -0.2) is 45.8 Å². The Labute approximate surface area is 111 Å². The standard InChI is InChI=1S/C11H23NO3S.ClH/c1-12(11-7-4-3-5-8-11)9-6-10-15-16(2,13)14;/h11H,3-10H2,1-2H3;1H. The SMILES string of the molecule is CN(CCCOS(C)(=O)=O)C1CCCCC1.Cl. The van der Waals surface area contributed by atoms with Crippen molar-refractivity contribution in [2.75, 3.05) is 26.5 Å². The van der Waals surface area contributed by atoms with Gasteiger partial charge in [0.25, 0.3) is 10.1 Å². The maximum absolute atomic E-state index is 10.7. The second-order valence-corrected chi connectivity index (χ2v) is 6.30. The molecule has 0 aromatic carbocycles. The fourth-order valence-corrected chi connectivity index (χ4v) is 2.65. The van der Waals surface area contributed by atoms with Crippen molar-refractivity contribution in [3.8, 4) is 0 Å². The van der Waals surface area contributed by atoms with Gasteiger partial charge in [-0.3, -0.25) is 4.18 Å². The van der Waals surface area contributed by atoms with Crippen molar-refractivity contribution in [3.05, 3.63) is 0 Å². The lowest BCUT2D eigenvalue weighted by atomic mass is 9.94. The molecule has 17 heavy (non-hydrogen) atoms. The lowest BCUT2D eigenvalue weighted by molar-refractivity contribution is 0.178. The molecule has 0 aromatic rings. The van der Waals surface area contributed by atoms with E-state index in [0.717, 1.165) is 19.2 Å². The van der Waals surface area contributed by atoms with Gasteiger partial charge in [0.15, 0.2) is 0 Å². The predicted octanol–water partition coefficient (Wildman–Crippen LogP) is 2.04. The average molecular weight is 286 g/mol. The summed E-state index contributed by atoms with van der Waals surface area (Å²) < 4.78 is 26.2. The first kappa shape index (κ1) is 17.2. The summed E-state index contributed by atoms with van der Waals surface area (Å²) in [4.78, 5) is 2.34. The van der Waals surface area contributed by atoms with E-state index in [1.54, 1.807) is 0 Å². The van der Waals surface area contributed by atoms with Crippen molar-refractivity contribution in [2.24, 2.45) is 0 Å². The highest BCUT2D eigenvalue weighted by atomic mass is 35.5. The summed E-state index contributed by atoms with van der Waals surface area (Å²) >= 11 is 0. The van der Waals surface area contributed by atoms with Crippen LogP contribution in [0.4, 0.5) is 0 Å². The molecule has 1 aliphatic carbocycles. The summed E-state index contributed by atoms with van der Waals surface area (Å²) in [5, 5.41) is 0. The molecule has 1 aliphatic rings. The fraction of sp³-hybridized carbons (Fsp3) is 1.00. The quantitative estimate of drug-likeness (QED) is 0.553. The van der Waals surface area contributed by atoms with Gasteiger partial charge in [-0.25, -0.2) is 0 Å². The zero-order valence-electron chi connectivity index (χ0n) is 10.7. The second kappa shape index (κ2) is 8.29. The molecule has 0 atom stereocenters. The summed E-state index contributed by atoms with van der Waals surface area (Å²) in [6, 6.07) is 0.687. The van der Waals surface area contributed by atoms with Crippen molar-refractivity contribution in [2.45, 2.75) is 44.6 Å². The first-order valence-corrected chi connectivity index (χ1v) is 7.85. The Balaban J connectivity index is 0.00000256. The van der Waals surface area contributed by atoms with Gasteiger partial charge in [0, 0.05) is 12.6 Å². The molecule has 0 N–H and O–H groups in total. The summed E-state index contributed by atoms with van der Waals surface area (Å²) in [7, 11) is -1.14. The van der Waals surface area contributed by atoms with Crippen LogP contribution < -0.4 is 0 Å². The fourth-order valence-electron chi connectivity index (χ4n) is 2.23. The van der Waals surface area contributed by atoms with Gasteiger partial charge in [-0.05, 0) is 26.3 Å². The molecule has 0 unspecified atom stereocenters. The van der Waals surface area contributed by atoms with Crippen molar-refractivity contribution in [1.29, 1.82) is 0 Å². The van der Waals surface area contributed by atoms with Gasteiger partial charge >= 0.3 is 0 Å². The first-order valence-electron chi connectivity index (χ1n) is 6.04. The molecule has 0 aromatic heterocycles. The van der Waals surface area contributed by atoms with Crippen LogP contribution in [-0.2, 0) is 14.3 Å². The Hall–Kier alpha value is 0.160. The number of nitrogens with zero attached hydrogens (tertiary/aromatic N) is 1. The van der Waals surface area contributed by atoms with E-state index < -0.39 is 10.1 Å². The van der Waals surface area contributed by atoms with Crippen LogP contribution in [0.25, 0.3) is 0 Å². The monoisotopic (exact) mass is 285 g/mol. The molecule has 4 nitrogen and oxygen atoms in total. The molecule has 0 bridgehead atoms. The third-order valence-electron chi connectivity index (χ3n) is 3.15. The zero-order chi connectivity index (χ0) is 12.0. The highest BCUT2D eigenvalue weighted by Crippen LogP contribution is 2.21. The van der Waals surface area contributed by atoms with Crippen molar-refractivity contribution < 1.29 is 12.6 Å². The molecule has 1 saturated carbocycles. The molecule has 0 aliphatic heterocycles. The summed E-state index contributed by atoms with van der Waals surface area (Å²) in [5.41, 5.74) is 0. The van der Waals surface area contributed by atoms with E-state index in [4.69, 9.17) is 4.18 Å². The molecule has 1 rings (SSSR count). The lowest BCUT2D eigenvalue weighted by Crippen LogP contribution is -2.34. The average Bonchev–Trinajstić information content (AvgIpc) is 2.24. The number of halogens is 1. The molecule has 0 spiro atoms. The van der Waals surface area contributed by atoms with E-state index in [0.29, 0.717) is 12.6 Å². The largest absolute Gasteiger partial charge is 0.303 e. The number of hydrogen-bond donors (Lipinski definition) is 0. The van der Waals surface area contributed by atoms with E-state index >= 15 is 0 Å². The summed E-state index contributed by atoms with van der Waals surface area (Å²) in [5.74, 6) is 0. The van der Waals surface area contributed by atoms with E-state index in [1.165, 1.54) is 32.1 Å². The smallest absolute Gasteiger partial charge is 0.264 e. The molecule has 0 amide bonds. The van der Waals surface area contributed by atoms with Crippen LogP contribution in [0.1, 0.15) is 38.5 Å². The molecular weight excluding hydrogens is 262 g/mol. The third-order valence-corrected chi connectivity index (χ3v) is 3.75. The van der Waals surface area contributed by atoms with Crippen molar-refractivity contribution >= 4 is 22.5 Å². The Kier molecular flexibility index (Phi) is 8.37. The summed E-state index contributed by atoms with van der Waals surface area (Å²) in [6.45, 7) is 1.22. The first-order chi connectivity index (χ1) is 7.49. The van der Waals surface area contributed by atoms with Gasteiger partial charge < -0.3 is 4.90 Å². The molecule has 0 heterocycles. The Bertz CT molecular complexity index is 289. The van der Waals surface area contributed by atoms with Crippen LogP contribution in [0.2, 0.25) is 0 Å². The third kappa shape index (κ3) is 7.97. The summed E-state index contributed by atoms with van der Waals surface area (Å²) in [6.07, 6.45) is 8.45. The highest BCUT2D eigenvalue weighted by molar-refractivity contribution is 7.85. The zero-order valence-corrected chi connectivity index (χ0v) is 12.4. The van der Waals surface area contributed by atoms with Crippen LogP contribution >= 0.6 is 12.4 Å². The minimum Gasteiger partial charge on any atom is -0.303 e. The molecule has 0 saturated heterocycles. The maximum atomic E-state index is 10.7. The van der Waals surface area contributed by atoms with Gasteiger partial charge in [0.05, 0.1) is 12.9 Å². The van der Waals surface area contributed by atoms with Crippen LogP contribution in [0.5, 0.6) is 0 Å². The number of rotatable bonds is 6. The molecular formula is C11H24ClNO3S. The predicted molar refractivity (Wildman–Crippen MR) is 72.2 cm³/mol. The van der Waals surface area contributed by atoms with Crippen LogP contribution in [0.3, 0.4) is 0 Å². The van der Waals surface area contributed by atoms with Crippen molar-refractivity contribution in [3.63, 3.8) is 0 Å². The highest BCUT2D eigenvalue weighted by Gasteiger charge is 2.17. The van der Waals surface area contributed by atoms with E-state index in [1.807, 2.05) is 0 Å².